The van der Waals surface area contributed by atoms with Crippen LogP contribution in [0.1, 0.15) is 17.5 Å². The molecule has 1 aromatic carbocycles. The lowest BCUT2D eigenvalue weighted by molar-refractivity contribution is -0.160. The first kappa shape index (κ1) is 17.7. The number of carboxylic acid groups (broad SMARTS) is 1. The van der Waals surface area contributed by atoms with E-state index in [0.717, 1.165) is 12.1 Å². The first-order valence-corrected chi connectivity index (χ1v) is 7.97. The van der Waals surface area contributed by atoms with Crippen molar-refractivity contribution < 1.29 is 32.6 Å². The molecule has 1 amide bonds. The van der Waals surface area contributed by atoms with Gasteiger partial charge in [0, 0.05) is 19.7 Å². The molecule has 0 radical (unpaired) electrons. The third-order valence-corrected chi connectivity index (χ3v) is 5.08. The van der Waals surface area contributed by atoms with E-state index in [2.05, 4.69) is 0 Å². The normalized spacial score (nSPS) is 26.4. The lowest BCUT2D eigenvalue weighted by atomic mass is 9.76. The van der Waals surface area contributed by atoms with E-state index >= 15 is 0 Å². The highest BCUT2D eigenvalue weighted by Gasteiger charge is 2.55. The van der Waals surface area contributed by atoms with Gasteiger partial charge >= 0.3 is 12.1 Å². The maximum absolute atomic E-state index is 12.6. The number of rotatable bonds is 3. The molecule has 0 saturated carbocycles. The maximum atomic E-state index is 12.6. The molecular formula is C17H18F3NO4. The first-order valence-electron chi connectivity index (χ1n) is 7.97. The first-order chi connectivity index (χ1) is 11.7. The second-order valence-corrected chi connectivity index (χ2v) is 6.65. The van der Waals surface area contributed by atoms with Gasteiger partial charge in [-0.3, -0.25) is 9.59 Å². The lowest BCUT2D eigenvalue weighted by Gasteiger charge is -2.33. The number of amides is 1. The van der Waals surface area contributed by atoms with Gasteiger partial charge in [0.05, 0.1) is 18.6 Å². The molecule has 0 aromatic heterocycles. The fourth-order valence-corrected chi connectivity index (χ4v) is 3.58. The number of likely N-dealkylation sites (tertiary alicyclic amines) is 1. The second kappa shape index (κ2) is 6.33. The molecule has 2 saturated heterocycles. The van der Waals surface area contributed by atoms with Gasteiger partial charge in [0.1, 0.15) is 5.41 Å². The summed E-state index contributed by atoms with van der Waals surface area (Å²) in [4.78, 5) is 25.7. The van der Waals surface area contributed by atoms with Crippen LogP contribution in [0.5, 0.6) is 0 Å². The number of hydrogen-bond donors (Lipinski definition) is 1. The molecule has 136 valence electrons. The number of carboxylic acids is 1. The Kier molecular flexibility index (Phi) is 4.49. The minimum Gasteiger partial charge on any atom is -0.481 e. The minimum atomic E-state index is -4.42. The van der Waals surface area contributed by atoms with Gasteiger partial charge < -0.3 is 14.7 Å². The van der Waals surface area contributed by atoms with Crippen molar-refractivity contribution in [2.45, 2.75) is 19.0 Å². The Morgan fingerprint density at radius 1 is 1.28 bits per heavy atom. The summed E-state index contributed by atoms with van der Waals surface area (Å²) in [6, 6.07) is 4.44. The van der Waals surface area contributed by atoms with Crippen molar-refractivity contribution in [1.82, 2.24) is 4.90 Å². The number of fused-ring (bicyclic) bond motifs is 1. The van der Waals surface area contributed by atoms with Crippen LogP contribution in [0.15, 0.2) is 24.3 Å². The van der Waals surface area contributed by atoms with Crippen LogP contribution in [-0.2, 0) is 26.9 Å². The largest absolute Gasteiger partial charge is 0.481 e. The van der Waals surface area contributed by atoms with Crippen LogP contribution in [0.2, 0.25) is 0 Å². The summed E-state index contributed by atoms with van der Waals surface area (Å²) in [6.07, 6.45) is -3.89. The van der Waals surface area contributed by atoms with E-state index in [0.29, 0.717) is 25.1 Å². The number of benzene rings is 1. The Morgan fingerprint density at radius 3 is 2.52 bits per heavy atom. The van der Waals surface area contributed by atoms with Gasteiger partial charge in [-0.2, -0.15) is 13.2 Å². The summed E-state index contributed by atoms with van der Waals surface area (Å²) in [5, 5.41) is 9.57. The summed E-state index contributed by atoms with van der Waals surface area (Å²) in [5.74, 6) is -1.41. The highest BCUT2D eigenvalue weighted by atomic mass is 19.4. The third-order valence-electron chi connectivity index (χ3n) is 5.08. The average Bonchev–Trinajstić information content (AvgIpc) is 2.95. The molecule has 3 rings (SSSR count). The molecule has 0 spiro atoms. The molecule has 0 unspecified atom stereocenters. The number of carbonyl (C=O) groups is 2. The van der Waals surface area contributed by atoms with Crippen molar-refractivity contribution in [2.75, 3.05) is 26.3 Å². The van der Waals surface area contributed by atoms with Crippen LogP contribution >= 0.6 is 0 Å². The Hall–Kier alpha value is -2.09. The molecule has 0 bridgehead atoms. The number of hydrogen-bond acceptors (Lipinski definition) is 3. The highest BCUT2D eigenvalue weighted by Crippen LogP contribution is 2.41. The van der Waals surface area contributed by atoms with Gasteiger partial charge in [-0.05, 0) is 30.0 Å². The van der Waals surface area contributed by atoms with Crippen LogP contribution in [0, 0.1) is 11.3 Å². The standard InChI is InChI=1S/C17H18F3NO4/c18-17(19,20)12-3-1-11(2-4-12)7-14(22)21-8-13-5-6-25-10-16(13,9-21)15(23)24/h1-4,13H,5-10H2,(H,23,24)/t13-,16+/m0/s1. The van der Waals surface area contributed by atoms with Crippen LogP contribution in [0.4, 0.5) is 13.2 Å². The summed E-state index contributed by atoms with van der Waals surface area (Å²) < 4.78 is 43.0. The van der Waals surface area contributed by atoms with E-state index in [4.69, 9.17) is 4.74 Å². The fourth-order valence-electron chi connectivity index (χ4n) is 3.58. The van der Waals surface area contributed by atoms with E-state index in [-0.39, 0.29) is 31.4 Å². The summed E-state index contributed by atoms with van der Waals surface area (Å²) in [6.45, 7) is 0.972. The molecule has 5 nitrogen and oxygen atoms in total. The van der Waals surface area contributed by atoms with Gasteiger partial charge in [0.25, 0.3) is 0 Å². The number of ether oxygens (including phenoxy) is 1. The Bertz CT molecular complexity index is 673. The molecule has 2 aliphatic heterocycles. The number of carbonyl (C=O) groups excluding carboxylic acids is 1. The van der Waals surface area contributed by atoms with Crippen LogP contribution in [-0.4, -0.2) is 48.2 Å². The number of alkyl halides is 3. The number of aliphatic carboxylic acids is 1. The van der Waals surface area contributed by atoms with E-state index in [1.807, 2.05) is 0 Å². The van der Waals surface area contributed by atoms with Crippen LogP contribution in [0.25, 0.3) is 0 Å². The van der Waals surface area contributed by atoms with Crippen molar-refractivity contribution in [2.24, 2.45) is 11.3 Å². The zero-order chi connectivity index (χ0) is 18.2. The topological polar surface area (TPSA) is 66.8 Å². The minimum absolute atomic E-state index is 0.0542. The monoisotopic (exact) mass is 357 g/mol. The lowest BCUT2D eigenvalue weighted by Crippen LogP contribution is -2.46. The van der Waals surface area contributed by atoms with Crippen molar-refractivity contribution in [3.8, 4) is 0 Å². The van der Waals surface area contributed by atoms with Crippen molar-refractivity contribution in [3.05, 3.63) is 35.4 Å². The van der Waals surface area contributed by atoms with Gasteiger partial charge in [-0.15, -0.1) is 0 Å². The van der Waals surface area contributed by atoms with Gasteiger partial charge in [-0.25, -0.2) is 0 Å². The van der Waals surface area contributed by atoms with E-state index in [1.54, 1.807) is 0 Å². The third kappa shape index (κ3) is 3.35. The van der Waals surface area contributed by atoms with Crippen LogP contribution < -0.4 is 0 Å². The Balaban J connectivity index is 1.69. The second-order valence-electron chi connectivity index (χ2n) is 6.65. The molecule has 1 aromatic rings. The predicted molar refractivity (Wildman–Crippen MR) is 80.7 cm³/mol. The van der Waals surface area contributed by atoms with Gasteiger partial charge in [0.15, 0.2) is 0 Å². The zero-order valence-corrected chi connectivity index (χ0v) is 13.4. The SMILES string of the molecule is O=C(Cc1ccc(C(F)(F)F)cc1)N1C[C@@H]2CCOC[C@]2(C(=O)O)C1. The van der Waals surface area contributed by atoms with Gasteiger partial charge in [-0.1, -0.05) is 12.1 Å². The fraction of sp³-hybridized carbons (Fsp3) is 0.529. The molecule has 1 N–H and O–H groups in total. The number of halogens is 3. The highest BCUT2D eigenvalue weighted by molar-refractivity contribution is 5.82. The van der Waals surface area contributed by atoms with Crippen molar-refractivity contribution in [3.63, 3.8) is 0 Å². The number of nitrogens with zero attached hydrogens (tertiary/aromatic N) is 1. The zero-order valence-electron chi connectivity index (χ0n) is 13.4. The maximum Gasteiger partial charge on any atom is 0.416 e. The van der Waals surface area contributed by atoms with Crippen LogP contribution in [0.3, 0.4) is 0 Å². The predicted octanol–water partition coefficient (Wildman–Crippen LogP) is 2.20. The van der Waals surface area contributed by atoms with E-state index in [9.17, 15) is 27.9 Å². The Labute approximate surface area is 142 Å². The molecule has 2 aliphatic rings. The molecular weight excluding hydrogens is 339 g/mol. The molecule has 0 aliphatic carbocycles. The molecule has 2 atom stereocenters. The summed E-state index contributed by atoms with van der Waals surface area (Å²) >= 11 is 0. The molecule has 8 heteroatoms. The van der Waals surface area contributed by atoms with E-state index in [1.165, 1.54) is 17.0 Å². The molecule has 2 heterocycles. The van der Waals surface area contributed by atoms with Gasteiger partial charge in [0.2, 0.25) is 5.91 Å². The van der Waals surface area contributed by atoms with E-state index < -0.39 is 23.1 Å². The Morgan fingerprint density at radius 2 is 1.96 bits per heavy atom. The smallest absolute Gasteiger partial charge is 0.416 e. The molecule has 25 heavy (non-hydrogen) atoms. The van der Waals surface area contributed by atoms with Crippen molar-refractivity contribution >= 4 is 11.9 Å². The quantitative estimate of drug-likeness (QED) is 0.901. The summed E-state index contributed by atoms with van der Waals surface area (Å²) in [7, 11) is 0. The average molecular weight is 357 g/mol. The summed E-state index contributed by atoms with van der Waals surface area (Å²) in [5.41, 5.74) is -1.38. The van der Waals surface area contributed by atoms with Crippen molar-refractivity contribution in [1.29, 1.82) is 0 Å². The molecule has 2 fully saturated rings.